The molecule has 1 heteroatoms. The molecule has 0 N–H and O–H groups in total. The molecule has 0 fully saturated rings. The number of benzene rings is 6. The average Bonchev–Trinajstić information content (AvgIpc) is 3.39. The highest BCUT2D eigenvalue weighted by Crippen LogP contribution is 2.58. The number of fused-ring (bicyclic) bond motifs is 5. The number of allylic oxidation sites excluding steroid dienone is 5. The van der Waals surface area contributed by atoms with Crippen LogP contribution in [0.2, 0.25) is 0 Å². The van der Waals surface area contributed by atoms with Crippen molar-refractivity contribution in [3.05, 3.63) is 151 Å². The fourth-order valence-electron chi connectivity index (χ4n) is 7.42. The molecule has 6 aromatic rings. The molecule has 0 saturated carbocycles. The van der Waals surface area contributed by atoms with Crippen molar-refractivity contribution in [2.75, 3.05) is 0 Å². The molecule has 0 saturated heterocycles. The lowest BCUT2D eigenvalue weighted by atomic mass is 9.82. The lowest BCUT2D eigenvalue weighted by Gasteiger charge is -2.23. The maximum absolute atomic E-state index is 5.01. The first-order chi connectivity index (χ1) is 20.9. The molecule has 9 rings (SSSR count). The quantitative estimate of drug-likeness (QED) is 0.214. The molecule has 1 atom stereocenters. The molecular weight excluding hydrogens is 506 g/mol. The van der Waals surface area contributed by atoms with E-state index in [1.165, 1.54) is 77.2 Å². The second kappa shape index (κ2) is 9.12. The summed E-state index contributed by atoms with van der Waals surface area (Å²) in [5, 5.41) is 5.17. The van der Waals surface area contributed by atoms with Crippen LogP contribution >= 0.6 is 0 Å². The van der Waals surface area contributed by atoms with Crippen LogP contribution in [-0.2, 0) is 0 Å². The van der Waals surface area contributed by atoms with Crippen LogP contribution in [-0.4, -0.2) is 6.21 Å². The van der Waals surface area contributed by atoms with Crippen LogP contribution < -0.4 is 0 Å². The van der Waals surface area contributed by atoms with Crippen molar-refractivity contribution in [3.63, 3.8) is 0 Å². The number of hydrogen-bond acceptors (Lipinski definition) is 1. The molecule has 3 aliphatic rings. The van der Waals surface area contributed by atoms with Crippen LogP contribution in [0.3, 0.4) is 0 Å². The Morgan fingerprint density at radius 2 is 1.10 bits per heavy atom. The van der Waals surface area contributed by atoms with Gasteiger partial charge in [-0.25, -0.2) is 0 Å². The Labute approximate surface area is 245 Å². The highest BCUT2D eigenvalue weighted by Gasteiger charge is 2.32. The first-order valence-corrected chi connectivity index (χ1v) is 14.8. The lowest BCUT2D eigenvalue weighted by molar-refractivity contribution is 0.815. The van der Waals surface area contributed by atoms with Crippen molar-refractivity contribution in [2.45, 2.75) is 6.42 Å². The fraction of sp³-hybridized carbons (Fsp3) is 0.0488. The fourth-order valence-corrected chi connectivity index (χ4v) is 7.42. The number of hydrogen-bond donors (Lipinski definition) is 0. The zero-order valence-electron chi connectivity index (χ0n) is 23.1. The average molecular weight is 534 g/mol. The first kappa shape index (κ1) is 23.4. The normalized spacial score (nSPS) is 16.3. The third kappa shape index (κ3) is 3.28. The summed E-state index contributed by atoms with van der Waals surface area (Å²) in [5.41, 5.74) is 14.0. The van der Waals surface area contributed by atoms with E-state index in [0.29, 0.717) is 5.92 Å². The summed E-state index contributed by atoms with van der Waals surface area (Å²) in [7, 11) is 0. The zero-order valence-corrected chi connectivity index (χ0v) is 23.1. The molecular formula is C41H27N. The molecule has 0 radical (unpaired) electrons. The lowest BCUT2D eigenvalue weighted by Crippen LogP contribution is -2.09. The van der Waals surface area contributed by atoms with Gasteiger partial charge in [-0.1, -0.05) is 140 Å². The molecule has 0 amide bonds. The van der Waals surface area contributed by atoms with Crippen LogP contribution in [0.15, 0.2) is 150 Å². The van der Waals surface area contributed by atoms with Gasteiger partial charge in [0.1, 0.15) is 0 Å². The van der Waals surface area contributed by atoms with E-state index in [1.54, 1.807) is 0 Å². The minimum absolute atomic E-state index is 0.391. The summed E-state index contributed by atoms with van der Waals surface area (Å²) in [5.74, 6) is 0.391. The van der Waals surface area contributed by atoms with Gasteiger partial charge in [0.25, 0.3) is 0 Å². The predicted octanol–water partition coefficient (Wildman–Crippen LogP) is 10.9. The van der Waals surface area contributed by atoms with Gasteiger partial charge in [0.15, 0.2) is 0 Å². The summed E-state index contributed by atoms with van der Waals surface area (Å²) in [4.78, 5) is 5.01. The van der Waals surface area contributed by atoms with Gasteiger partial charge in [-0.15, -0.1) is 0 Å². The Balaban J connectivity index is 1.44. The van der Waals surface area contributed by atoms with Gasteiger partial charge < -0.3 is 0 Å². The Bertz CT molecular complexity index is 2100. The van der Waals surface area contributed by atoms with E-state index in [2.05, 4.69) is 146 Å². The molecule has 0 bridgehead atoms. The summed E-state index contributed by atoms with van der Waals surface area (Å²) in [6.07, 6.45) is 11.9. The third-order valence-corrected chi connectivity index (χ3v) is 9.16. The summed E-state index contributed by atoms with van der Waals surface area (Å²) in [6.45, 7) is 0. The Kier molecular flexibility index (Phi) is 5.09. The summed E-state index contributed by atoms with van der Waals surface area (Å²) < 4.78 is 0. The highest BCUT2D eigenvalue weighted by molar-refractivity contribution is 6.28. The van der Waals surface area contributed by atoms with E-state index in [-0.39, 0.29) is 0 Å². The molecule has 42 heavy (non-hydrogen) atoms. The van der Waals surface area contributed by atoms with E-state index < -0.39 is 0 Å². The highest BCUT2D eigenvalue weighted by atomic mass is 14.8. The Hall–Kier alpha value is -5.27. The SMILES string of the molecule is C1=CC2=C(c3ccc4c5c(cccc35)-c3c-4c(-c4ccccc4)c4ccccc4c3-c3ccccc3)N=CCC2C=C1. The second-order valence-corrected chi connectivity index (χ2v) is 11.4. The van der Waals surface area contributed by atoms with Crippen molar-refractivity contribution >= 4 is 33.5 Å². The smallest absolute Gasteiger partial charge is 0.0742 e. The minimum Gasteiger partial charge on any atom is -0.260 e. The number of nitrogens with zero attached hydrogens (tertiary/aromatic N) is 1. The largest absolute Gasteiger partial charge is 0.260 e. The molecule has 6 aromatic carbocycles. The van der Waals surface area contributed by atoms with Crippen LogP contribution in [0, 0.1) is 5.92 Å². The van der Waals surface area contributed by atoms with E-state index in [4.69, 9.17) is 4.99 Å². The van der Waals surface area contributed by atoms with E-state index in [0.717, 1.165) is 12.1 Å². The van der Waals surface area contributed by atoms with Crippen molar-refractivity contribution in [1.29, 1.82) is 0 Å². The van der Waals surface area contributed by atoms with Crippen LogP contribution in [0.5, 0.6) is 0 Å². The first-order valence-electron chi connectivity index (χ1n) is 14.8. The second-order valence-electron chi connectivity index (χ2n) is 11.4. The Morgan fingerprint density at radius 3 is 1.79 bits per heavy atom. The minimum atomic E-state index is 0.391. The molecule has 1 heterocycles. The van der Waals surface area contributed by atoms with Gasteiger partial charge in [0, 0.05) is 17.7 Å². The van der Waals surface area contributed by atoms with Crippen molar-refractivity contribution in [1.82, 2.24) is 0 Å². The van der Waals surface area contributed by atoms with Gasteiger partial charge in [-0.2, -0.15) is 0 Å². The van der Waals surface area contributed by atoms with Crippen LogP contribution in [0.4, 0.5) is 0 Å². The maximum atomic E-state index is 5.01. The predicted molar refractivity (Wildman–Crippen MR) is 179 cm³/mol. The maximum Gasteiger partial charge on any atom is 0.0742 e. The van der Waals surface area contributed by atoms with Crippen LogP contribution in [0.25, 0.3) is 71.7 Å². The van der Waals surface area contributed by atoms with E-state index >= 15 is 0 Å². The monoisotopic (exact) mass is 533 g/mol. The van der Waals surface area contributed by atoms with Gasteiger partial charge in [0.05, 0.1) is 5.70 Å². The molecule has 0 aromatic heterocycles. The topological polar surface area (TPSA) is 12.4 Å². The third-order valence-electron chi connectivity index (χ3n) is 9.16. The van der Waals surface area contributed by atoms with Crippen molar-refractivity contribution < 1.29 is 0 Å². The van der Waals surface area contributed by atoms with Gasteiger partial charge in [-0.3, -0.25) is 4.99 Å². The van der Waals surface area contributed by atoms with Gasteiger partial charge >= 0.3 is 0 Å². The molecule has 196 valence electrons. The van der Waals surface area contributed by atoms with E-state index in [1.807, 2.05) is 0 Å². The Morgan fingerprint density at radius 1 is 0.500 bits per heavy atom. The standard InChI is InChI=1S/C41H27N/c1-3-13-27(14-4-1)36-30-18-9-10-19-31(30)37(28-15-5-2-6-16-28)40-35-23-22-33(32-20-11-21-34(38(32)35)39(36)40)41-29-17-8-7-12-26(29)24-25-42-41/h1-23,25-26H,24H2. The molecule has 1 nitrogen and oxygen atoms in total. The molecule has 0 spiro atoms. The van der Waals surface area contributed by atoms with Gasteiger partial charge in [0.2, 0.25) is 0 Å². The molecule has 2 aliphatic carbocycles. The van der Waals surface area contributed by atoms with Crippen LogP contribution in [0.1, 0.15) is 12.0 Å². The van der Waals surface area contributed by atoms with Gasteiger partial charge in [-0.05, 0) is 78.0 Å². The number of rotatable bonds is 3. The van der Waals surface area contributed by atoms with Crippen molar-refractivity contribution in [3.8, 4) is 44.5 Å². The van der Waals surface area contributed by atoms with Crippen molar-refractivity contribution in [2.24, 2.45) is 10.9 Å². The molecule has 1 unspecified atom stereocenters. The molecule has 1 aliphatic heterocycles. The summed E-state index contributed by atoms with van der Waals surface area (Å²) >= 11 is 0. The number of aliphatic imine (C=N–C) groups is 1. The zero-order chi connectivity index (χ0) is 27.6. The van der Waals surface area contributed by atoms with E-state index in [9.17, 15) is 0 Å². The summed E-state index contributed by atoms with van der Waals surface area (Å²) in [6, 6.07) is 42.3.